The second kappa shape index (κ2) is 15.0. The molecule has 1 fully saturated rings. The lowest BCUT2D eigenvalue weighted by molar-refractivity contribution is 0.0735. The Morgan fingerprint density at radius 1 is 0.750 bits per heavy atom. The third-order valence-corrected chi connectivity index (χ3v) is 8.39. The predicted molar refractivity (Wildman–Crippen MR) is 167 cm³/mol. The number of urea groups is 1. The van der Waals surface area contributed by atoms with Gasteiger partial charge in [0.2, 0.25) is 0 Å². The maximum atomic E-state index is 13.5. The number of hydrogen-bond acceptors (Lipinski definition) is 3. The van der Waals surface area contributed by atoms with Gasteiger partial charge in [0.05, 0.1) is 0 Å². The first-order valence-electron chi connectivity index (χ1n) is 15.1. The minimum absolute atomic E-state index is 0.182. The molecule has 0 bridgehead atoms. The predicted octanol–water partition coefficient (Wildman–Crippen LogP) is 7.85. The van der Waals surface area contributed by atoms with E-state index in [1.165, 1.54) is 54.1 Å². The van der Waals surface area contributed by atoms with Gasteiger partial charge < -0.3 is 20.3 Å². The molecule has 0 spiro atoms. The fourth-order valence-corrected chi connectivity index (χ4v) is 5.82. The van der Waals surface area contributed by atoms with E-state index in [0.29, 0.717) is 18.8 Å². The number of hydrogen-bond donors (Lipinski definition) is 2. The zero-order valence-electron chi connectivity index (χ0n) is 24.7. The molecule has 0 radical (unpaired) electrons. The molecule has 8 heteroatoms. The normalized spacial score (nSPS) is 14.8. The molecule has 2 N–H and O–H groups in total. The molecule has 0 aliphatic carbocycles. The minimum atomic E-state index is -0.398. The smallest absolute Gasteiger partial charge is 0.319 e. The van der Waals surface area contributed by atoms with E-state index >= 15 is 0 Å². The van der Waals surface area contributed by atoms with Crippen LogP contribution in [-0.4, -0.2) is 43.7 Å². The Hall–Kier alpha value is -4.14. The Morgan fingerprint density at radius 3 is 1.86 bits per heavy atom. The summed E-state index contributed by atoms with van der Waals surface area (Å²) in [6.07, 6.45) is 3.22. The van der Waals surface area contributed by atoms with E-state index in [4.69, 9.17) is 4.74 Å². The van der Waals surface area contributed by atoms with E-state index in [2.05, 4.69) is 27.7 Å². The lowest BCUT2D eigenvalue weighted by atomic mass is 9.72. The molecule has 1 aliphatic rings. The maximum Gasteiger partial charge on any atom is 0.319 e. The minimum Gasteiger partial charge on any atom is -0.369 e. The standard InChI is InChI=1S/C36H38F3N3O2/c37-30-12-8-27(9-13-30)34(28-10-14-31(38)15-11-28)44-25-5-4-22-42-23-20-36(21-24-42,29-6-2-1-3-7-29)26-40-35(43)41-33-18-16-32(39)17-19-33/h1-3,6-19,34H,4-5,20-26H2,(H2,40,41,43). The number of amides is 2. The number of halogens is 3. The Bertz CT molecular complexity index is 1410. The second-order valence-corrected chi connectivity index (χ2v) is 11.4. The number of piperidine rings is 1. The molecule has 1 saturated heterocycles. The second-order valence-electron chi connectivity index (χ2n) is 11.4. The topological polar surface area (TPSA) is 53.6 Å². The molecule has 44 heavy (non-hydrogen) atoms. The monoisotopic (exact) mass is 601 g/mol. The van der Waals surface area contributed by atoms with Gasteiger partial charge in [-0.05, 0) is 111 Å². The SMILES string of the molecule is O=C(NCC1(c2ccccc2)CCN(CCCCOC(c2ccc(F)cc2)c2ccc(F)cc2)CC1)Nc1ccc(F)cc1. The van der Waals surface area contributed by atoms with E-state index in [-0.39, 0.29) is 28.9 Å². The van der Waals surface area contributed by atoms with Crippen LogP contribution in [0.3, 0.4) is 0 Å². The van der Waals surface area contributed by atoms with Crippen molar-refractivity contribution in [3.8, 4) is 0 Å². The van der Waals surface area contributed by atoms with Crippen molar-refractivity contribution in [1.29, 1.82) is 0 Å². The lowest BCUT2D eigenvalue weighted by Gasteiger charge is -2.42. The van der Waals surface area contributed by atoms with Crippen molar-refractivity contribution in [2.45, 2.75) is 37.2 Å². The number of nitrogens with zero attached hydrogens (tertiary/aromatic N) is 1. The highest BCUT2D eigenvalue weighted by Gasteiger charge is 2.36. The lowest BCUT2D eigenvalue weighted by Crippen LogP contribution is -2.49. The summed E-state index contributed by atoms with van der Waals surface area (Å²) >= 11 is 0. The first kappa shape index (κ1) is 31.3. The number of carbonyl (C=O) groups excluding carboxylic acids is 1. The highest BCUT2D eigenvalue weighted by molar-refractivity contribution is 5.89. The average molecular weight is 602 g/mol. The molecule has 0 aromatic heterocycles. The third kappa shape index (κ3) is 8.49. The van der Waals surface area contributed by atoms with Gasteiger partial charge in [-0.1, -0.05) is 54.6 Å². The van der Waals surface area contributed by atoms with Gasteiger partial charge in [-0.25, -0.2) is 18.0 Å². The Labute approximate surface area is 257 Å². The molecule has 4 aromatic rings. The first-order chi connectivity index (χ1) is 21.4. The quantitative estimate of drug-likeness (QED) is 0.163. The number of rotatable bonds is 12. The fourth-order valence-electron chi connectivity index (χ4n) is 5.82. The van der Waals surface area contributed by atoms with Gasteiger partial charge in [-0.15, -0.1) is 0 Å². The zero-order chi connectivity index (χ0) is 30.8. The molecule has 230 valence electrons. The van der Waals surface area contributed by atoms with Crippen molar-refractivity contribution in [3.05, 3.63) is 137 Å². The van der Waals surface area contributed by atoms with Crippen molar-refractivity contribution in [2.75, 3.05) is 38.1 Å². The number of carbonyl (C=O) groups is 1. The van der Waals surface area contributed by atoms with E-state index in [1.807, 2.05) is 18.2 Å². The molecule has 1 aliphatic heterocycles. The van der Waals surface area contributed by atoms with Crippen LogP contribution in [0.2, 0.25) is 0 Å². The summed E-state index contributed by atoms with van der Waals surface area (Å²) in [5, 5.41) is 5.84. The summed E-state index contributed by atoms with van der Waals surface area (Å²) < 4.78 is 46.5. The van der Waals surface area contributed by atoms with Crippen LogP contribution < -0.4 is 10.6 Å². The van der Waals surface area contributed by atoms with Crippen molar-refractivity contribution < 1.29 is 22.7 Å². The van der Waals surface area contributed by atoms with Crippen LogP contribution in [0.4, 0.5) is 23.7 Å². The number of anilines is 1. The molecule has 5 nitrogen and oxygen atoms in total. The van der Waals surface area contributed by atoms with Gasteiger partial charge in [0, 0.05) is 24.3 Å². The molecular weight excluding hydrogens is 563 g/mol. The largest absolute Gasteiger partial charge is 0.369 e. The van der Waals surface area contributed by atoms with Crippen LogP contribution in [0.5, 0.6) is 0 Å². The molecule has 0 atom stereocenters. The molecule has 2 amide bonds. The maximum absolute atomic E-state index is 13.5. The van der Waals surface area contributed by atoms with Gasteiger partial charge in [0.15, 0.2) is 0 Å². The number of unbranched alkanes of at least 4 members (excludes halogenated alkanes) is 1. The van der Waals surface area contributed by atoms with Crippen molar-refractivity contribution in [1.82, 2.24) is 10.2 Å². The van der Waals surface area contributed by atoms with E-state index in [9.17, 15) is 18.0 Å². The van der Waals surface area contributed by atoms with Crippen LogP contribution in [0.15, 0.2) is 103 Å². The van der Waals surface area contributed by atoms with Crippen LogP contribution in [0, 0.1) is 17.5 Å². The average Bonchev–Trinajstić information content (AvgIpc) is 3.05. The van der Waals surface area contributed by atoms with E-state index < -0.39 is 6.10 Å². The van der Waals surface area contributed by atoms with Crippen molar-refractivity contribution in [3.63, 3.8) is 0 Å². The van der Waals surface area contributed by atoms with Gasteiger partial charge >= 0.3 is 6.03 Å². The van der Waals surface area contributed by atoms with Gasteiger partial charge in [-0.2, -0.15) is 0 Å². The molecule has 0 unspecified atom stereocenters. The molecule has 5 rings (SSSR count). The van der Waals surface area contributed by atoms with E-state index in [0.717, 1.165) is 56.4 Å². The van der Waals surface area contributed by atoms with Crippen LogP contribution >= 0.6 is 0 Å². The molecular formula is C36H38F3N3O2. The van der Waals surface area contributed by atoms with Crippen LogP contribution in [0.1, 0.15) is 48.5 Å². The van der Waals surface area contributed by atoms with Crippen molar-refractivity contribution >= 4 is 11.7 Å². The Morgan fingerprint density at radius 2 is 1.30 bits per heavy atom. The Balaban J connectivity index is 1.11. The molecule has 1 heterocycles. The number of ether oxygens (including phenoxy) is 1. The fraction of sp³-hybridized carbons (Fsp3) is 0.306. The van der Waals surface area contributed by atoms with E-state index in [1.54, 1.807) is 24.3 Å². The number of benzene rings is 4. The number of nitrogens with one attached hydrogen (secondary N) is 2. The van der Waals surface area contributed by atoms with Crippen LogP contribution in [-0.2, 0) is 10.2 Å². The summed E-state index contributed by atoms with van der Waals surface area (Å²) in [6.45, 7) is 3.77. The summed E-state index contributed by atoms with van der Waals surface area (Å²) in [5.41, 5.74) is 3.22. The molecule has 0 saturated carbocycles. The summed E-state index contributed by atoms with van der Waals surface area (Å²) in [4.78, 5) is 15.1. The zero-order valence-corrected chi connectivity index (χ0v) is 24.7. The Kier molecular flexibility index (Phi) is 10.7. The van der Waals surface area contributed by atoms with Gasteiger partial charge in [-0.3, -0.25) is 0 Å². The van der Waals surface area contributed by atoms with Crippen LogP contribution in [0.25, 0.3) is 0 Å². The van der Waals surface area contributed by atoms with Gasteiger partial charge in [0.25, 0.3) is 0 Å². The summed E-state index contributed by atoms with van der Waals surface area (Å²) in [6, 6.07) is 28.2. The van der Waals surface area contributed by atoms with Gasteiger partial charge in [0.1, 0.15) is 23.6 Å². The summed E-state index contributed by atoms with van der Waals surface area (Å²) in [5.74, 6) is -0.973. The summed E-state index contributed by atoms with van der Waals surface area (Å²) in [7, 11) is 0. The first-order valence-corrected chi connectivity index (χ1v) is 15.1. The van der Waals surface area contributed by atoms with Crippen molar-refractivity contribution in [2.24, 2.45) is 0 Å². The highest BCUT2D eigenvalue weighted by Crippen LogP contribution is 2.35. The third-order valence-electron chi connectivity index (χ3n) is 8.39. The highest BCUT2D eigenvalue weighted by atomic mass is 19.1. The number of likely N-dealkylation sites (tertiary alicyclic amines) is 1. The molecule has 4 aromatic carbocycles.